The normalized spacial score (nSPS) is 10.4. The van der Waals surface area contributed by atoms with Crippen molar-refractivity contribution in [2.24, 2.45) is 0 Å². The quantitative estimate of drug-likeness (QED) is 0.882. The topological polar surface area (TPSA) is 92.4 Å². The van der Waals surface area contributed by atoms with Crippen molar-refractivity contribution in [1.82, 2.24) is 5.16 Å². The van der Waals surface area contributed by atoms with Crippen LogP contribution in [0.5, 0.6) is 0 Å². The van der Waals surface area contributed by atoms with Gasteiger partial charge in [0.25, 0.3) is 0 Å². The van der Waals surface area contributed by atoms with Gasteiger partial charge in [0.1, 0.15) is 5.76 Å². The van der Waals surface area contributed by atoms with Crippen LogP contribution in [-0.2, 0) is 11.2 Å². The lowest BCUT2D eigenvalue weighted by molar-refractivity contribution is -0.115. The van der Waals surface area contributed by atoms with Gasteiger partial charge in [0.05, 0.1) is 23.4 Å². The number of aromatic nitrogens is 1. The van der Waals surface area contributed by atoms with Crippen LogP contribution in [0.15, 0.2) is 27.2 Å². The van der Waals surface area contributed by atoms with Gasteiger partial charge in [-0.3, -0.25) is 4.79 Å². The van der Waals surface area contributed by atoms with Gasteiger partial charge in [0, 0.05) is 10.0 Å². The molecule has 0 atom stereocenters. The summed E-state index contributed by atoms with van der Waals surface area (Å²) < 4.78 is 5.52. The number of nitrogens with one attached hydrogen (secondary N) is 1. The Balaban J connectivity index is 2.11. The van der Waals surface area contributed by atoms with Crippen LogP contribution < -0.4 is 5.32 Å². The molecule has 0 fully saturated rings. The minimum Gasteiger partial charge on any atom is -0.478 e. The lowest BCUT2D eigenvalue weighted by Gasteiger charge is -2.08. The van der Waals surface area contributed by atoms with E-state index in [1.807, 2.05) is 0 Å². The summed E-state index contributed by atoms with van der Waals surface area (Å²) in [5.74, 6) is -0.639. The number of anilines is 1. The maximum atomic E-state index is 12.0. The zero-order valence-electron chi connectivity index (χ0n) is 11.4. The Morgan fingerprint density at radius 3 is 2.62 bits per heavy atom. The zero-order valence-corrected chi connectivity index (χ0v) is 13.0. The second-order valence-electron chi connectivity index (χ2n) is 4.53. The minimum atomic E-state index is -1.02. The molecule has 6 nitrogen and oxygen atoms in total. The fraction of sp³-hybridized carbons (Fsp3) is 0.214. The number of hydrogen-bond acceptors (Lipinski definition) is 4. The molecule has 2 N–H and O–H groups in total. The van der Waals surface area contributed by atoms with E-state index in [0.717, 1.165) is 5.56 Å². The number of rotatable bonds is 4. The molecule has 0 aliphatic carbocycles. The highest BCUT2D eigenvalue weighted by atomic mass is 79.9. The highest BCUT2D eigenvalue weighted by Gasteiger charge is 2.15. The molecule has 0 spiro atoms. The van der Waals surface area contributed by atoms with Crippen LogP contribution in [0.1, 0.15) is 27.4 Å². The smallest absolute Gasteiger partial charge is 0.335 e. The second-order valence-corrected chi connectivity index (χ2v) is 5.38. The minimum absolute atomic E-state index is 0.144. The van der Waals surface area contributed by atoms with Crippen molar-refractivity contribution in [1.29, 1.82) is 0 Å². The van der Waals surface area contributed by atoms with E-state index in [1.165, 1.54) is 12.1 Å². The van der Waals surface area contributed by atoms with Crippen molar-refractivity contribution >= 4 is 33.5 Å². The Hall–Kier alpha value is -2.15. The number of hydrogen-bond donors (Lipinski definition) is 2. The number of carboxylic acid groups (broad SMARTS) is 1. The summed E-state index contributed by atoms with van der Waals surface area (Å²) in [5.41, 5.74) is 2.09. The molecular formula is C14H13BrN2O4. The summed E-state index contributed by atoms with van der Waals surface area (Å²) in [6.07, 6.45) is 0.147. The Labute approximate surface area is 129 Å². The largest absolute Gasteiger partial charge is 0.478 e. The van der Waals surface area contributed by atoms with Gasteiger partial charge in [-0.05, 0) is 48.0 Å². The third-order valence-electron chi connectivity index (χ3n) is 3.01. The monoisotopic (exact) mass is 352 g/mol. The number of aromatic carboxylic acids is 1. The molecule has 110 valence electrons. The molecule has 0 aliphatic heterocycles. The number of carbonyl (C=O) groups excluding carboxylic acids is 1. The lowest BCUT2D eigenvalue weighted by Crippen LogP contribution is -2.15. The van der Waals surface area contributed by atoms with Crippen LogP contribution in [0.25, 0.3) is 0 Å². The summed E-state index contributed by atoms with van der Waals surface area (Å²) >= 11 is 3.24. The van der Waals surface area contributed by atoms with Crippen LogP contribution >= 0.6 is 15.9 Å². The van der Waals surface area contributed by atoms with Crippen molar-refractivity contribution in [2.75, 3.05) is 5.32 Å². The number of aryl methyl sites for hydroxylation is 2. The van der Waals surface area contributed by atoms with Crippen LogP contribution in [0.2, 0.25) is 0 Å². The fourth-order valence-corrected chi connectivity index (χ4v) is 2.34. The van der Waals surface area contributed by atoms with Gasteiger partial charge in [0.15, 0.2) is 0 Å². The molecule has 0 saturated carbocycles. The molecule has 1 heterocycles. The van der Waals surface area contributed by atoms with Gasteiger partial charge in [-0.15, -0.1) is 0 Å². The average molecular weight is 353 g/mol. The predicted molar refractivity (Wildman–Crippen MR) is 79.4 cm³/mol. The van der Waals surface area contributed by atoms with Crippen molar-refractivity contribution < 1.29 is 19.2 Å². The molecule has 0 bridgehead atoms. The van der Waals surface area contributed by atoms with Crippen molar-refractivity contribution in [2.45, 2.75) is 20.3 Å². The molecule has 7 heteroatoms. The van der Waals surface area contributed by atoms with E-state index in [0.29, 0.717) is 21.6 Å². The Morgan fingerprint density at radius 2 is 2.10 bits per heavy atom. The zero-order chi connectivity index (χ0) is 15.6. The van der Waals surface area contributed by atoms with Gasteiger partial charge in [0.2, 0.25) is 5.91 Å². The molecule has 0 saturated heterocycles. The summed E-state index contributed by atoms with van der Waals surface area (Å²) in [5, 5.41) is 15.4. The number of carboxylic acids is 1. The van der Waals surface area contributed by atoms with Crippen LogP contribution in [-0.4, -0.2) is 22.1 Å². The van der Waals surface area contributed by atoms with Crippen molar-refractivity contribution in [3.05, 3.63) is 45.3 Å². The number of halogens is 1. The SMILES string of the molecule is Cc1noc(C)c1CC(=O)Nc1ccc(C(=O)O)cc1Br. The predicted octanol–water partition coefficient (Wildman–Crippen LogP) is 2.93. The molecule has 1 amide bonds. The van der Waals surface area contributed by atoms with Crippen molar-refractivity contribution in [3.63, 3.8) is 0 Å². The number of benzene rings is 1. The first-order valence-corrected chi connectivity index (χ1v) is 6.92. The molecule has 0 aliphatic rings. The van der Waals surface area contributed by atoms with Gasteiger partial charge in [-0.25, -0.2) is 4.79 Å². The molecular weight excluding hydrogens is 340 g/mol. The van der Waals surface area contributed by atoms with Crippen LogP contribution in [0, 0.1) is 13.8 Å². The van der Waals surface area contributed by atoms with Crippen LogP contribution in [0.3, 0.4) is 0 Å². The highest BCUT2D eigenvalue weighted by Crippen LogP contribution is 2.24. The average Bonchev–Trinajstić information content (AvgIpc) is 2.72. The molecule has 0 unspecified atom stereocenters. The standard InChI is InChI=1S/C14H13BrN2O4/c1-7-10(8(2)21-17-7)6-13(18)16-12-4-3-9(14(19)20)5-11(12)15/h3-5H,6H2,1-2H3,(H,16,18)(H,19,20). The molecule has 2 rings (SSSR count). The number of nitrogens with zero attached hydrogens (tertiary/aromatic N) is 1. The summed E-state index contributed by atoms with van der Waals surface area (Å²) in [4.78, 5) is 22.9. The van der Waals surface area contributed by atoms with Gasteiger partial charge in [-0.2, -0.15) is 0 Å². The first-order chi connectivity index (χ1) is 9.88. The molecule has 1 aromatic heterocycles. The molecule has 0 radical (unpaired) electrons. The van der Waals surface area contributed by atoms with E-state index in [9.17, 15) is 9.59 Å². The van der Waals surface area contributed by atoms with Gasteiger partial charge >= 0.3 is 5.97 Å². The van der Waals surface area contributed by atoms with E-state index in [1.54, 1.807) is 19.9 Å². The number of amides is 1. The van der Waals surface area contributed by atoms with Crippen LogP contribution in [0.4, 0.5) is 5.69 Å². The number of carbonyl (C=O) groups is 2. The molecule has 1 aromatic carbocycles. The third kappa shape index (κ3) is 3.49. The maximum Gasteiger partial charge on any atom is 0.335 e. The lowest BCUT2D eigenvalue weighted by atomic mass is 10.1. The Bertz CT molecular complexity index is 689. The Kier molecular flexibility index (Phi) is 4.42. The van der Waals surface area contributed by atoms with E-state index >= 15 is 0 Å². The van der Waals surface area contributed by atoms with E-state index in [2.05, 4.69) is 26.4 Å². The van der Waals surface area contributed by atoms with E-state index < -0.39 is 5.97 Å². The fourth-order valence-electron chi connectivity index (χ4n) is 1.86. The summed E-state index contributed by atoms with van der Waals surface area (Å²) in [6, 6.07) is 4.41. The Morgan fingerprint density at radius 1 is 1.38 bits per heavy atom. The first kappa shape index (κ1) is 15.2. The highest BCUT2D eigenvalue weighted by molar-refractivity contribution is 9.10. The van der Waals surface area contributed by atoms with Gasteiger partial charge in [-0.1, -0.05) is 5.16 Å². The van der Waals surface area contributed by atoms with E-state index in [-0.39, 0.29) is 17.9 Å². The maximum absolute atomic E-state index is 12.0. The first-order valence-electron chi connectivity index (χ1n) is 6.13. The summed E-state index contributed by atoms with van der Waals surface area (Å²) in [7, 11) is 0. The van der Waals surface area contributed by atoms with E-state index in [4.69, 9.17) is 9.63 Å². The molecule has 2 aromatic rings. The summed E-state index contributed by atoms with van der Waals surface area (Å²) in [6.45, 7) is 3.52. The third-order valence-corrected chi connectivity index (χ3v) is 3.66. The second kappa shape index (κ2) is 6.09. The molecule has 21 heavy (non-hydrogen) atoms. The van der Waals surface area contributed by atoms with Gasteiger partial charge < -0.3 is 14.9 Å². The van der Waals surface area contributed by atoms with Crippen molar-refractivity contribution in [3.8, 4) is 0 Å².